The summed E-state index contributed by atoms with van der Waals surface area (Å²) in [5, 5.41) is 5.11. The highest BCUT2D eigenvalue weighted by Gasteiger charge is 2.16. The lowest BCUT2D eigenvalue weighted by atomic mass is 10.1. The van der Waals surface area contributed by atoms with Gasteiger partial charge in [-0.05, 0) is 12.5 Å². The number of nitrogens with two attached hydrogens (primary N) is 1. The van der Waals surface area contributed by atoms with Gasteiger partial charge in [-0.1, -0.05) is 29.8 Å². The first-order valence-electron chi connectivity index (χ1n) is 6.40. The van der Waals surface area contributed by atoms with Crippen molar-refractivity contribution in [2.75, 3.05) is 26.8 Å². The molecule has 0 aromatic heterocycles. The van der Waals surface area contributed by atoms with Gasteiger partial charge in [-0.2, -0.15) is 0 Å². The second-order valence-electron chi connectivity index (χ2n) is 4.45. The van der Waals surface area contributed by atoms with Crippen LogP contribution in [-0.2, 0) is 14.3 Å². The highest BCUT2D eigenvalue weighted by atomic mass is 35.5. The number of nitrogens with one attached hydrogen (secondary N) is 2. The number of benzene rings is 1. The number of hydrogen-bond donors (Lipinski definition) is 3. The molecule has 0 saturated heterocycles. The van der Waals surface area contributed by atoms with Gasteiger partial charge in [0.15, 0.2) is 0 Å². The first kappa shape index (κ1) is 19.4. The molecule has 0 spiro atoms. The molecule has 1 aromatic carbocycles. The highest BCUT2D eigenvalue weighted by Crippen LogP contribution is 2.11. The van der Waals surface area contributed by atoms with Crippen LogP contribution >= 0.6 is 12.4 Å². The molecule has 1 aromatic rings. The van der Waals surface area contributed by atoms with Crippen molar-refractivity contribution in [1.82, 2.24) is 10.6 Å². The number of ether oxygens (including phenoxy) is 1. The van der Waals surface area contributed by atoms with Crippen LogP contribution in [0.3, 0.4) is 0 Å². The molecule has 0 aliphatic rings. The molecule has 2 amide bonds. The van der Waals surface area contributed by atoms with E-state index in [9.17, 15) is 9.59 Å². The molecule has 21 heavy (non-hydrogen) atoms. The Labute approximate surface area is 130 Å². The lowest BCUT2D eigenvalue weighted by Gasteiger charge is -2.12. The van der Waals surface area contributed by atoms with Gasteiger partial charge >= 0.3 is 0 Å². The third kappa shape index (κ3) is 7.08. The fourth-order valence-electron chi connectivity index (χ4n) is 1.56. The number of aryl methyl sites for hydroxylation is 1. The Morgan fingerprint density at radius 3 is 2.43 bits per heavy atom. The fourth-order valence-corrected chi connectivity index (χ4v) is 1.56. The van der Waals surface area contributed by atoms with Gasteiger partial charge in [-0.3, -0.25) is 9.59 Å². The lowest BCUT2D eigenvalue weighted by Crippen LogP contribution is -2.41. The Morgan fingerprint density at radius 1 is 1.24 bits per heavy atom. The summed E-state index contributed by atoms with van der Waals surface area (Å²) in [5.41, 5.74) is 7.64. The molecule has 1 atom stereocenters. The first-order valence-corrected chi connectivity index (χ1v) is 6.40. The van der Waals surface area contributed by atoms with Crippen LogP contribution < -0.4 is 16.4 Å². The van der Waals surface area contributed by atoms with Crippen molar-refractivity contribution in [1.29, 1.82) is 0 Å². The van der Waals surface area contributed by atoms with E-state index in [0.29, 0.717) is 18.7 Å². The zero-order valence-corrected chi connectivity index (χ0v) is 13.0. The SMILES string of the molecule is COCCNC(=O)CNC(=O)C(N)c1ccc(C)cc1.Cl. The van der Waals surface area contributed by atoms with E-state index in [4.69, 9.17) is 10.5 Å². The van der Waals surface area contributed by atoms with E-state index < -0.39 is 6.04 Å². The van der Waals surface area contributed by atoms with Gasteiger partial charge in [0, 0.05) is 13.7 Å². The van der Waals surface area contributed by atoms with Gasteiger partial charge in [0.2, 0.25) is 11.8 Å². The van der Waals surface area contributed by atoms with Crippen LogP contribution in [0.2, 0.25) is 0 Å². The van der Waals surface area contributed by atoms with Gasteiger partial charge in [-0.25, -0.2) is 0 Å². The minimum absolute atomic E-state index is 0. The number of methoxy groups -OCH3 is 1. The number of carbonyl (C=O) groups excluding carboxylic acids is 2. The molecule has 7 heteroatoms. The third-order valence-corrected chi connectivity index (χ3v) is 2.77. The second-order valence-corrected chi connectivity index (χ2v) is 4.45. The van der Waals surface area contributed by atoms with Crippen LogP contribution in [-0.4, -0.2) is 38.6 Å². The monoisotopic (exact) mass is 315 g/mol. The summed E-state index contributed by atoms with van der Waals surface area (Å²) < 4.78 is 4.80. The minimum atomic E-state index is -0.776. The minimum Gasteiger partial charge on any atom is -0.383 e. The second kappa shape index (κ2) is 10.1. The molecule has 0 radical (unpaired) electrons. The van der Waals surface area contributed by atoms with E-state index in [1.54, 1.807) is 19.2 Å². The molecular weight excluding hydrogens is 294 g/mol. The van der Waals surface area contributed by atoms with E-state index in [0.717, 1.165) is 5.56 Å². The average Bonchev–Trinajstić information content (AvgIpc) is 2.45. The Morgan fingerprint density at radius 2 is 1.86 bits per heavy atom. The Kier molecular flexibility index (Phi) is 9.36. The number of halogens is 1. The molecule has 1 rings (SSSR count). The van der Waals surface area contributed by atoms with E-state index in [1.807, 2.05) is 19.1 Å². The summed E-state index contributed by atoms with van der Waals surface area (Å²) in [7, 11) is 1.55. The average molecular weight is 316 g/mol. The quantitative estimate of drug-likeness (QED) is 0.631. The van der Waals surface area contributed by atoms with E-state index >= 15 is 0 Å². The maximum atomic E-state index is 11.8. The van der Waals surface area contributed by atoms with Crippen molar-refractivity contribution in [3.8, 4) is 0 Å². The smallest absolute Gasteiger partial charge is 0.241 e. The summed E-state index contributed by atoms with van der Waals surface area (Å²) in [5.74, 6) is -0.651. The number of hydrogen-bond acceptors (Lipinski definition) is 4. The van der Waals surface area contributed by atoms with Gasteiger partial charge in [0.05, 0.1) is 13.2 Å². The summed E-state index contributed by atoms with van der Waals surface area (Å²) >= 11 is 0. The Bertz CT molecular complexity index is 451. The third-order valence-electron chi connectivity index (χ3n) is 2.77. The standard InChI is InChI=1S/C14H21N3O3.ClH/c1-10-3-5-11(6-4-10)13(15)14(19)17-9-12(18)16-7-8-20-2;/h3-6,13H,7-9,15H2,1-2H3,(H,16,18)(H,17,19);1H. The normalized spacial score (nSPS) is 11.2. The number of carbonyl (C=O) groups is 2. The molecule has 118 valence electrons. The number of rotatable bonds is 7. The summed E-state index contributed by atoms with van der Waals surface area (Å²) in [6.07, 6.45) is 0. The molecule has 0 saturated carbocycles. The maximum absolute atomic E-state index is 11.8. The summed E-state index contributed by atoms with van der Waals surface area (Å²) in [6, 6.07) is 6.61. The van der Waals surface area contributed by atoms with Crippen LogP contribution in [0.1, 0.15) is 17.2 Å². The predicted octanol–water partition coefficient (Wildman–Crippen LogP) is 0.295. The van der Waals surface area contributed by atoms with Crippen LogP contribution in [0.15, 0.2) is 24.3 Å². The fraction of sp³-hybridized carbons (Fsp3) is 0.429. The largest absolute Gasteiger partial charge is 0.383 e. The molecule has 0 bridgehead atoms. The van der Waals surface area contributed by atoms with E-state index in [2.05, 4.69) is 10.6 Å². The molecule has 1 unspecified atom stereocenters. The maximum Gasteiger partial charge on any atom is 0.241 e. The van der Waals surface area contributed by atoms with E-state index in [-0.39, 0.29) is 30.8 Å². The lowest BCUT2D eigenvalue weighted by molar-refractivity contribution is -0.127. The van der Waals surface area contributed by atoms with Gasteiger partial charge in [-0.15, -0.1) is 12.4 Å². The Balaban J connectivity index is 0.00000400. The predicted molar refractivity (Wildman–Crippen MR) is 83.3 cm³/mol. The zero-order valence-electron chi connectivity index (χ0n) is 12.2. The van der Waals surface area contributed by atoms with Crippen molar-refractivity contribution in [2.45, 2.75) is 13.0 Å². The number of amides is 2. The summed E-state index contributed by atoms with van der Waals surface area (Å²) in [6.45, 7) is 2.71. The van der Waals surface area contributed by atoms with Gasteiger partial charge in [0.25, 0.3) is 0 Å². The van der Waals surface area contributed by atoms with Gasteiger partial charge in [0.1, 0.15) is 6.04 Å². The van der Waals surface area contributed by atoms with Crippen LogP contribution in [0, 0.1) is 6.92 Å². The van der Waals surface area contributed by atoms with Crippen molar-refractivity contribution in [3.63, 3.8) is 0 Å². The van der Waals surface area contributed by atoms with Crippen molar-refractivity contribution in [2.24, 2.45) is 5.73 Å². The van der Waals surface area contributed by atoms with Crippen molar-refractivity contribution >= 4 is 24.2 Å². The molecular formula is C14H22ClN3O3. The van der Waals surface area contributed by atoms with Crippen molar-refractivity contribution < 1.29 is 14.3 Å². The molecule has 4 N–H and O–H groups in total. The highest BCUT2D eigenvalue weighted by molar-refractivity contribution is 5.88. The molecule has 0 aliphatic carbocycles. The molecule has 0 fully saturated rings. The van der Waals surface area contributed by atoms with Gasteiger partial charge < -0.3 is 21.1 Å². The van der Waals surface area contributed by atoms with Crippen LogP contribution in [0.4, 0.5) is 0 Å². The molecule has 0 aliphatic heterocycles. The molecule has 0 heterocycles. The topological polar surface area (TPSA) is 93.5 Å². The first-order chi connectivity index (χ1) is 9.54. The van der Waals surface area contributed by atoms with Crippen LogP contribution in [0.25, 0.3) is 0 Å². The van der Waals surface area contributed by atoms with E-state index in [1.165, 1.54) is 0 Å². The van der Waals surface area contributed by atoms with Crippen LogP contribution in [0.5, 0.6) is 0 Å². The zero-order chi connectivity index (χ0) is 15.0. The Hall–Kier alpha value is -1.63. The molecule has 6 nitrogen and oxygen atoms in total. The van der Waals surface area contributed by atoms with Crippen molar-refractivity contribution in [3.05, 3.63) is 35.4 Å². The summed E-state index contributed by atoms with van der Waals surface area (Å²) in [4.78, 5) is 23.2.